The Morgan fingerprint density at radius 2 is 1.33 bits per heavy atom. The van der Waals surface area contributed by atoms with Crippen molar-refractivity contribution in [2.45, 2.75) is 0 Å². The minimum absolute atomic E-state index is 0. The first-order valence-corrected chi connectivity index (χ1v) is 0.866. The molecule has 0 aromatic carbocycles. The molecule has 0 bridgehead atoms. The standard InChI is InChI=1S/CH5N3.ClH.Sn/c2-1(3)4;;/h(H5,2,3,4);1H;. The van der Waals surface area contributed by atoms with E-state index in [2.05, 4.69) is 16.9 Å². The molecule has 0 aliphatic carbocycles. The van der Waals surface area contributed by atoms with Gasteiger partial charge in [0.2, 0.25) is 0 Å². The summed E-state index contributed by atoms with van der Waals surface area (Å²) in [5.74, 6) is -0.0833. The molecule has 0 fully saturated rings. The van der Waals surface area contributed by atoms with Crippen LogP contribution in [-0.4, -0.2) is 29.9 Å². The molecule has 0 aliphatic rings. The van der Waals surface area contributed by atoms with Crippen LogP contribution in [0.25, 0.3) is 0 Å². The average Bonchev–Trinajstić information content (AvgIpc) is 0.811. The van der Waals surface area contributed by atoms with Crippen LogP contribution in [-0.2, 0) is 0 Å². The zero-order valence-corrected chi connectivity index (χ0v) is 6.72. The molecule has 36 valence electrons. The summed E-state index contributed by atoms with van der Waals surface area (Å²) in [6, 6.07) is 0. The van der Waals surface area contributed by atoms with Crippen LogP contribution in [0.1, 0.15) is 0 Å². The van der Waals surface area contributed by atoms with E-state index in [9.17, 15) is 0 Å². The van der Waals surface area contributed by atoms with Gasteiger partial charge in [0, 0.05) is 23.9 Å². The molecule has 0 unspecified atom stereocenters. The van der Waals surface area contributed by atoms with E-state index in [-0.39, 0.29) is 42.3 Å². The molecule has 6 N–H and O–H groups in total. The van der Waals surface area contributed by atoms with Crippen LogP contribution in [0.4, 0.5) is 0 Å². The van der Waals surface area contributed by atoms with Crippen molar-refractivity contribution in [2.75, 3.05) is 0 Å². The van der Waals surface area contributed by atoms with Crippen molar-refractivity contribution in [2.24, 2.45) is 11.5 Å². The van der Waals surface area contributed by atoms with Crippen LogP contribution in [0.2, 0.25) is 0 Å². The van der Waals surface area contributed by atoms with Crippen LogP contribution in [0, 0.1) is 0 Å². The summed E-state index contributed by atoms with van der Waals surface area (Å²) in [4.78, 5) is 0. The molecule has 6 heavy (non-hydrogen) atoms. The molecule has 3 nitrogen and oxygen atoms in total. The Labute approximate surface area is 59.3 Å². The molecule has 0 aromatic heterocycles. The number of nitrogens with two attached hydrogens (primary N) is 3. The average molecular weight is 214 g/mol. The van der Waals surface area contributed by atoms with Gasteiger partial charge in [-0.05, 0) is 0 Å². The first kappa shape index (κ1) is 16.2. The van der Waals surface area contributed by atoms with E-state index in [1.54, 1.807) is 0 Å². The van der Waals surface area contributed by atoms with Crippen molar-refractivity contribution in [3.63, 3.8) is 0 Å². The Morgan fingerprint density at radius 3 is 1.33 bits per heavy atom. The Hall–Kier alpha value is 0.359. The summed E-state index contributed by atoms with van der Waals surface area (Å²) in [5.41, 5.74) is 9.17. The fourth-order valence-corrected chi connectivity index (χ4v) is 0. The summed E-state index contributed by atoms with van der Waals surface area (Å²) in [7, 11) is 0. The fraction of sp³-hybridized carbons (Fsp3) is 0. The van der Waals surface area contributed by atoms with E-state index in [1.807, 2.05) is 0 Å². The Bertz CT molecular complexity index is 33.8. The van der Waals surface area contributed by atoms with Crippen LogP contribution in [0.5, 0.6) is 0 Å². The number of hydrogen-bond donors (Lipinski definition) is 3. The van der Waals surface area contributed by atoms with Gasteiger partial charge in [-0.25, -0.2) is 0 Å². The van der Waals surface area contributed by atoms with Crippen LogP contribution < -0.4 is 29.3 Å². The molecule has 4 radical (unpaired) electrons. The van der Waals surface area contributed by atoms with Gasteiger partial charge in [-0.3, -0.25) is 16.9 Å². The molecule has 0 saturated carbocycles. The monoisotopic (exact) mass is 215 g/mol. The predicted molar refractivity (Wildman–Crippen MR) is 21.1 cm³/mol. The van der Waals surface area contributed by atoms with Gasteiger partial charge < -0.3 is 12.4 Å². The van der Waals surface area contributed by atoms with E-state index in [4.69, 9.17) is 0 Å². The normalized spacial score (nSPS) is 4.00. The van der Waals surface area contributed by atoms with Gasteiger partial charge in [0.1, 0.15) is 0 Å². The molecular formula is CH6ClN3Sn. The second-order valence-electron chi connectivity index (χ2n) is 0.500. The molecular weight excluding hydrogens is 208 g/mol. The Balaban J connectivity index is -0.0000000450. The number of guanidine groups is 1. The van der Waals surface area contributed by atoms with Crippen molar-refractivity contribution in [3.8, 4) is 0 Å². The minimum Gasteiger partial charge on any atom is -1.00 e. The molecule has 0 atom stereocenters. The largest absolute Gasteiger partial charge is 1.00 e. The van der Waals surface area contributed by atoms with Gasteiger partial charge in [0.05, 0.1) is 0 Å². The molecule has 5 heteroatoms. The van der Waals surface area contributed by atoms with Gasteiger partial charge in [0.25, 0.3) is 0 Å². The van der Waals surface area contributed by atoms with Crippen LogP contribution >= 0.6 is 0 Å². The van der Waals surface area contributed by atoms with E-state index >= 15 is 0 Å². The molecule has 0 rings (SSSR count). The first-order chi connectivity index (χ1) is 1.73. The second-order valence-corrected chi connectivity index (χ2v) is 0.500. The van der Waals surface area contributed by atoms with Gasteiger partial charge in [-0.2, -0.15) is 0 Å². The maximum Gasteiger partial charge on any atom is 0.336 e. The maximum absolute atomic E-state index is 4.58. The Kier molecular flexibility index (Phi) is 24.3. The SMILES string of the molecule is NC(N)=[NH2+].[Cl-].[Sn]. The number of rotatable bonds is 0. The predicted octanol–water partition coefficient (Wildman–Crippen LogP) is -6.36. The topological polar surface area (TPSA) is 77.6 Å². The van der Waals surface area contributed by atoms with Crippen molar-refractivity contribution in [1.82, 2.24) is 0 Å². The first-order valence-electron chi connectivity index (χ1n) is 0.866. The third-order valence-corrected chi connectivity index (χ3v) is 0. The van der Waals surface area contributed by atoms with Gasteiger partial charge >= 0.3 is 5.96 Å². The van der Waals surface area contributed by atoms with Crippen LogP contribution in [0.3, 0.4) is 0 Å². The van der Waals surface area contributed by atoms with E-state index < -0.39 is 0 Å². The summed E-state index contributed by atoms with van der Waals surface area (Å²) >= 11 is 0. The number of hydrogen-bond acceptors (Lipinski definition) is 0. The third-order valence-electron chi connectivity index (χ3n) is 0. The van der Waals surface area contributed by atoms with E-state index in [0.717, 1.165) is 0 Å². The van der Waals surface area contributed by atoms with Gasteiger partial charge in [0.15, 0.2) is 0 Å². The van der Waals surface area contributed by atoms with E-state index in [0.29, 0.717) is 0 Å². The second kappa shape index (κ2) is 9.02. The quantitative estimate of drug-likeness (QED) is 0.213. The summed E-state index contributed by atoms with van der Waals surface area (Å²) < 4.78 is 0. The summed E-state index contributed by atoms with van der Waals surface area (Å²) in [6.45, 7) is 0. The number of halogens is 1. The van der Waals surface area contributed by atoms with Gasteiger partial charge in [-0.1, -0.05) is 0 Å². The van der Waals surface area contributed by atoms with Crippen molar-refractivity contribution >= 4 is 29.9 Å². The van der Waals surface area contributed by atoms with Crippen molar-refractivity contribution < 1.29 is 17.8 Å². The molecule has 0 aliphatic heterocycles. The molecule has 0 amide bonds. The van der Waals surface area contributed by atoms with Crippen molar-refractivity contribution in [1.29, 1.82) is 0 Å². The fourth-order valence-electron chi connectivity index (χ4n) is 0. The molecule has 0 aromatic rings. The third kappa shape index (κ3) is 382. The summed E-state index contributed by atoms with van der Waals surface area (Å²) in [6.07, 6.45) is 0. The van der Waals surface area contributed by atoms with Crippen molar-refractivity contribution in [3.05, 3.63) is 0 Å². The van der Waals surface area contributed by atoms with E-state index in [1.165, 1.54) is 0 Å². The Morgan fingerprint density at radius 1 is 1.33 bits per heavy atom. The van der Waals surface area contributed by atoms with Gasteiger partial charge in [-0.15, -0.1) is 0 Å². The summed E-state index contributed by atoms with van der Waals surface area (Å²) in [5, 5.41) is 4.58. The minimum atomic E-state index is -0.0833. The molecule has 0 spiro atoms. The molecule has 0 saturated heterocycles. The van der Waals surface area contributed by atoms with Crippen LogP contribution in [0.15, 0.2) is 0 Å². The smallest absolute Gasteiger partial charge is 0.336 e. The maximum atomic E-state index is 4.58. The zero-order chi connectivity index (χ0) is 3.58. The molecule has 0 heterocycles. The zero-order valence-electron chi connectivity index (χ0n) is 3.11.